The van der Waals surface area contributed by atoms with Crippen molar-refractivity contribution < 1.29 is 14.3 Å². The number of ether oxygens (including phenoxy) is 2. The van der Waals surface area contributed by atoms with Crippen LogP contribution in [0.25, 0.3) is 0 Å². The van der Waals surface area contributed by atoms with Gasteiger partial charge in [0.25, 0.3) is 5.91 Å². The van der Waals surface area contributed by atoms with Crippen molar-refractivity contribution in [1.82, 2.24) is 14.9 Å². The van der Waals surface area contributed by atoms with Crippen LogP contribution in [-0.2, 0) is 4.74 Å². The average molecular weight is 465 g/mol. The normalized spacial score (nSPS) is 19.4. The second-order valence-corrected chi connectivity index (χ2v) is 8.85. The van der Waals surface area contributed by atoms with E-state index in [0.717, 1.165) is 24.9 Å². The molecule has 2 aromatic carbocycles. The summed E-state index contributed by atoms with van der Waals surface area (Å²) in [6.45, 7) is 1.84. The molecule has 0 unspecified atom stereocenters. The Morgan fingerprint density at radius 3 is 2.67 bits per heavy atom. The molecule has 2 fully saturated rings. The Labute approximate surface area is 197 Å². The van der Waals surface area contributed by atoms with Crippen LogP contribution in [0.3, 0.4) is 0 Å². The van der Waals surface area contributed by atoms with Crippen molar-refractivity contribution in [3.63, 3.8) is 0 Å². The fraction of sp³-hybridized carbons (Fsp3) is 0.320. The van der Waals surface area contributed by atoms with Crippen molar-refractivity contribution in [2.75, 3.05) is 25.0 Å². The lowest BCUT2D eigenvalue weighted by molar-refractivity contribution is -0.0395. The lowest BCUT2D eigenvalue weighted by Gasteiger charge is -2.38. The van der Waals surface area contributed by atoms with Crippen LogP contribution in [0.15, 0.2) is 67.0 Å². The maximum atomic E-state index is 13.1. The second-order valence-electron chi connectivity index (χ2n) is 8.44. The smallest absolute Gasteiger partial charge is 0.253 e. The molecule has 1 aromatic heterocycles. The number of nitrogens with zero attached hydrogens (tertiary/aromatic N) is 3. The summed E-state index contributed by atoms with van der Waals surface area (Å²) in [5.41, 5.74) is 1.18. The van der Waals surface area contributed by atoms with Crippen LogP contribution in [0.4, 0.5) is 11.6 Å². The first kappa shape index (κ1) is 21.7. The average Bonchev–Trinajstić information content (AvgIpc) is 3.23. The molecule has 1 amide bonds. The van der Waals surface area contributed by atoms with Gasteiger partial charge in [-0.05, 0) is 49.2 Å². The van der Waals surface area contributed by atoms with Gasteiger partial charge >= 0.3 is 0 Å². The Morgan fingerprint density at radius 2 is 1.88 bits per heavy atom. The number of benzene rings is 2. The van der Waals surface area contributed by atoms with E-state index in [0.29, 0.717) is 42.0 Å². The monoisotopic (exact) mass is 464 g/mol. The van der Waals surface area contributed by atoms with Crippen molar-refractivity contribution in [2.45, 2.75) is 31.0 Å². The number of anilines is 2. The van der Waals surface area contributed by atoms with Gasteiger partial charge in [0.05, 0.1) is 17.2 Å². The SMILES string of the molecule is O=C(c1cccc(Nc2ncccn2)c1)N1CCC2(CC1)C[C@@H](Oc1ccccc1Cl)CO2. The Balaban J connectivity index is 1.18. The zero-order chi connectivity index (χ0) is 22.7. The molecule has 33 heavy (non-hydrogen) atoms. The molecular formula is C25H25ClN4O3. The van der Waals surface area contributed by atoms with Crippen molar-refractivity contribution >= 4 is 29.1 Å². The van der Waals surface area contributed by atoms with Gasteiger partial charge in [-0.2, -0.15) is 0 Å². The highest BCUT2D eigenvalue weighted by Gasteiger charge is 2.44. The zero-order valence-corrected chi connectivity index (χ0v) is 18.9. The summed E-state index contributed by atoms with van der Waals surface area (Å²) in [4.78, 5) is 23.4. The number of para-hydroxylation sites is 1. The molecule has 7 nitrogen and oxygen atoms in total. The van der Waals surface area contributed by atoms with Crippen LogP contribution in [0.5, 0.6) is 5.75 Å². The summed E-state index contributed by atoms with van der Waals surface area (Å²) in [6.07, 6.45) is 5.69. The third-order valence-corrected chi connectivity index (χ3v) is 6.51. The van der Waals surface area contributed by atoms with Gasteiger partial charge in [-0.15, -0.1) is 0 Å². The predicted molar refractivity (Wildman–Crippen MR) is 126 cm³/mol. The molecule has 3 aromatic rings. The van der Waals surface area contributed by atoms with E-state index in [-0.39, 0.29) is 17.6 Å². The molecule has 170 valence electrons. The number of hydrogen-bond acceptors (Lipinski definition) is 6. The highest BCUT2D eigenvalue weighted by Crippen LogP contribution is 2.38. The molecule has 8 heteroatoms. The van der Waals surface area contributed by atoms with Gasteiger partial charge in [0.1, 0.15) is 11.9 Å². The van der Waals surface area contributed by atoms with Crippen molar-refractivity contribution in [1.29, 1.82) is 0 Å². The number of carbonyl (C=O) groups is 1. The van der Waals surface area contributed by atoms with E-state index in [4.69, 9.17) is 21.1 Å². The molecule has 2 aliphatic rings. The highest BCUT2D eigenvalue weighted by atomic mass is 35.5. The Bertz CT molecular complexity index is 1120. The molecule has 0 saturated carbocycles. The van der Waals surface area contributed by atoms with Crippen LogP contribution in [0.2, 0.25) is 5.02 Å². The van der Waals surface area contributed by atoms with Gasteiger partial charge in [-0.3, -0.25) is 4.79 Å². The van der Waals surface area contributed by atoms with Crippen molar-refractivity contribution in [2.24, 2.45) is 0 Å². The van der Waals surface area contributed by atoms with Crippen LogP contribution in [-0.4, -0.2) is 52.2 Å². The van der Waals surface area contributed by atoms with Crippen LogP contribution < -0.4 is 10.1 Å². The molecule has 5 rings (SSSR count). The lowest BCUT2D eigenvalue weighted by Crippen LogP contribution is -2.46. The second kappa shape index (κ2) is 9.37. The molecule has 0 radical (unpaired) electrons. The summed E-state index contributed by atoms with van der Waals surface area (Å²) in [5.74, 6) is 1.20. The van der Waals surface area contributed by atoms with E-state index in [1.807, 2.05) is 53.4 Å². The first-order valence-corrected chi connectivity index (χ1v) is 11.5. The molecule has 1 atom stereocenters. The van der Waals surface area contributed by atoms with Gasteiger partial charge < -0.3 is 19.7 Å². The number of piperidine rings is 1. The maximum Gasteiger partial charge on any atom is 0.253 e. The van der Waals surface area contributed by atoms with Gasteiger partial charge in [0.2, 0.25) is 5.95 Å². The number of halogens is 1. The van der Waals surface area contributed by atoms with E-state index in [2.05, 4.69) is 15.3 Å². The third kappa shape index (κ3) is 4.94. The molecule has 1 N–H and O–H groups in total. The number of rotatable bonds is 5. The Morgan fingerprint density at radius 1 is 1.09 bits per heavy atom. The molecule has 1 spiro atoms. The minimum atomic E-state index is -0.239. The Hall–Kier alpha value is -3.16. The molecule has 2 saturated heterocycles. The van der Waals surface area contributed by atoms with E-state index in [1.165, 1.54) is 0 Å². The first-order valence-electron chi connectivity index (χ1n) is 11.1. The largest absolute Gasteiger partial charge is 0.486 e. The molecule has 0 aliphatic carbocycles. The summed E-state index contributed by atoms with van der Waals surface area (Å²) < 4.78 is 12.3. The number of nitrogens with one attached hydrogen (secondary N) is 1. The fourth-order valence-electron chi connectivity index (χ4n) is 4.47. The molecular weight excluding hydrogens is 440 g/mol. The van der Waals surface area contributed by atoms with E-state index in [9.17, 15) is 4.79 Å². The summed E-state index contributed by atoms with van der Waals surface area (Å²) in [5, 5.41) is 3.74. The number of aromatic nitrogens is 2. The summed E-state index contributed by atoms with van der Waals surface area (Å²) in [6, 6.07) is 16.7. The molecule has 3 heterocycles. The lowest BCUT2D eigenvalue weighted by atomic mass is 9.87. The number of amides is 1. The topological polar surface area (TPSA) is 76.6 Å². The minimum absolute atomic E-state index is 0.0179. The summed E-state index contributed by atoms with van der Waals surface area (Å²) >= 11 is 6.23. The van der Waals surface area contributed by atoms with E-state index in [1.54, 1.807) is 18.5 Å². The quantitative estimate of drug-likeness (QED) is 0.589. The zero-order valence-electron chi connectivity index (χ0n) is 18.1. The van der Waals surface area contributed by atoms with Gasteiger partial charge in [0, 0.05) is 43.2 Å². The maximum absolute atomic E-state index is 13.1. The fourth-order valence-corrected chi connectivity index (χ4v) is 4.65. The van der Waals surface area contributed by atoms with Crippen molar-refractivity contribution in [3.05, 3.63) is 77.6 Å². The van der Waals surface area contributed by atoms with Gasteiger partial charge in [0.15, 0.2) is 0 Å². The minimum Gasteiger partial charge on any atom is -0.486 e. The number of likely N-dealkylation sites (tertiary alicyclic amines) is 1. The van der Waals surface area contributed by atoms with Gasteiger partial charge in [-0.25, -0.2) is 9.97 Å². The number of carbonyl (C=O) groups excluding carboxylic acids is 1. The predicted octanol–water partition coefficient (Wildman–Crippen LogP) is 4.72. The summed E-state index contributed by atoms with van der Waals surface area (Å²) in [7, 11) is 0. The van der Waals surface area contributed by atoms with E-state index >= 15 is 0 Å². The standard InChI is InChI=1S/C25H25ClN4O3/c26-21-7-1-2-8-22(21)33-20-16-25(32-17-20)9-13-30(14-10-25)23(31)18-5-3-6-19(15-18)29-24-27-11-4-12-28-24/h1-8,11-12,15,20H,9-10,13-14,16-17H2,(H,27,28,29)/t20-/m1/s1. The Kier molecular flexibility index (Phi) is 6.15. The van der Waals surface area contributed by atoms with Gasteiger partial charge in [-0.1, -0.05) is 29.8 Å². The highest BCUT2D eigenvalue weighted by molar-refractivity contribution is 6.32. The van der Waals surface area contributed by atoms with E-state index < -0.39 is 0 Å². The molecule has 0 bridgehead atoms. The van der Waals surface area contributed by atoms with Crippen molar-refractivity contribution in [3.8, 4) is 5.75 Å². The third-order valence-electron chi connectivity index (χ3n) is 6.20. The first-order chi connectivity index (χ1) is 16.1. The van der Waals surface area contributed by atoms with Crippen LogP contribution in [0.1, 0.15) is 29.6 Å². The molecule has 2 aliphatic heterocycles. The van der Waals surface area contributed by atoms with Crippen LogP contribution >= 0.6 is 11.6 Å². The van der Waals surface area contributed by atoms with Crippen LogP contribution in [0, 0.1) is 0 Å². The number of hydrogen-bond donors (Lipinski definition) is 1.